The van der Waals surface area contributed by atoms with E-state index >= 15 is 0 Å². The molecular formula is C30H30ClFN2O4S. The van der Waals surface area contributed by atoms with E-state index < -0.39 is 15.7 Å². The average Bonchev–Trinajstić information content (AvgIpc) is 3.18. The summed E-state index contributed by atoms with van der Waals surface area (Å²) in [5.74, 6) is -0.823. The van der Waals surface area contributed by atoms with E-state index in [0.717, 1.165) is 17.5 Å². The van der Waals surface area contributed by atoms with Crippen LogP contribution in [0.25, 0.3) is 5.69 Å². The van der Waals surface area contributed by atoms with Gasteiger partial charge >= 0.3 is 0 Å². The number of amides is 1. The SMILES string of the molecule is Cc1cc(NC(=O)c2cc(C[C@H](C)OCc3ccccc3)n(-c3ccc(F)cc3Cl)c2C)ccc1S(C)(=O)=O. The van der Waals surface area contributed by atoms with Crippen LogP contribution in [0.4, 0.5) is 10.1 Å². The number of aryl methyl sites for hydroxylation is 1. The molecule has 1 amide bonds. The molecule has 3 aromatic carbocycles. The van der Waals surface area contributed by atoms with Crippen LogP contribution < -0.4 is 5.32 Å². The average molecular weight is 569 g/mol. The van der Waals surface area contributed by atoms with E-state index in [9.17, 15) is 17.6 Å². The third-order valence-corrected chi connectivity index (χ3v) is 7.98. The van der Waals surface area contributed by atoms with Crippen LogP contribution in [-0.4, -0.2) is 31.3 Å². The summed E-state index contributed by atoms with van der Waals surface area (Å²) in [6.07, 6.45) is 1.42. The van der Waals surface area contributed by atoms with Gasteiger partial charge in [0.15, 0.2) is 9.84 Å². The van der Waals surface area contributed by atoms with Gasteiger partial charge in [-0.15, -0.1) is 0 Å². The third-order valence-electron chi connectivity index (χ3n) is 6.42. The van der Waals surface area contributed by atoms with Crippen LogP contribution in [0.3, 0.4) is 0 Å². The molecule has 0 aliphatic heterocycles. The number of ether oxygens (including phenoxy) is 1. The summed E-state index contributed by atoms with van der Waals surface area (Å²) in [7, 11) is -3.38. The summed E-state index contributed by atoms with van der Waals surface area (Å²) >= 11 is 6.43. The van der Waals surface area contributed by atoms with E-state index in [0.29, 0.717) is 41.2 Å². The van der Waals surface area contributed by atoms with Crippen molar-refractivity contribution in [2.24, 2.45) is 0 Å². The maximum atomic E-state index is 13.8. The number of rotatable bonds is 9. The minimum Gasteiger partial charge on any atom is -0.373 e. The van der Waals surface area contributed by atoms with Gasteiger partial charge < -0.3 is 14.6 Å². The molecule has 0 bridgehead atoms. The molecule has 0 saturated carbocycles. The normalized spacial score (nSPS) is 12.4. The molecule has 0 aliphatic rings. The van der Waals surface area contributed by atoms with Crippen molar-refractivity contribution in [2.75, 3.05) is 11.6 Å². The van der Waals surface area contributed by atoms with E-state index in [1.807, 2.05) is 41.8 Å². The second-order valence-electron chi connectivity index (χ2n) is 9.58. The van der Waals surface area contributed by atoms with Gasteiger partial charge in [0.05, 0.1) is 33.9 Å². The number of nitrogens with zero attached hydrogens (tertiary/aromatic N) is 1. The number of hydrogen-bond acceptors (Lipinski definition) is 4. The standard InChI is InChI=1S/C30H30ClFN2O4S/c1-19-14-24(11-13-29(19)39(4,36)37)33-30(35)26-17-25(15-20(2)38-18-22-8-6-5-7-9-22)34(21(26)3)28-12-10-23(32)16-27(28)31/h5-14,16-17,20H,15,18H2,1-4H3,(H,33,35)/t20-/m0/s1. The summed E-state index contributed by atoms with van der Waals surface area (Å²) in [6, 6.07) is 20.4. The molecule has 0 spiro atoms. The minimum absolute atomic E-state index is 0.195. The zero-order valence-corrected chi connectivity index (χ0v) is 23.7. The molecule has 6 nitrogen and oxygen atoms in total. The molecule has 9 heteroatoms. The Hall–Kier alpha value is -3.46. The van der Waals surface area contributed by atoms with Crippen molar-refractivity contribution in [3.63, 3.8) is 0 Å². The predicted molar refractivity (Wildman–Crippen MR) is 152 cm³/mol. The Morgan fingerprint density at radius 2 is 1.77 bits per heavy atom. The van der Waals surface area contributed by atoms with Gasteiger partial charge in [0, 0.05) is 29.8 Å². The van der Waals surface area contributed by atoms with Gasteiger partial charge in [-0.25, -0.2) is 12.8 Å². The number of sulfone groups is 1. The summed E-state index contributed by atoms with van der Waals surface area (Å²) in [4.78, 5) is 13.6. The first-order valence-corrected chi connectivity index (χ1v) is 14.6. The summed E-state index contributed by atoms with van der Waals surface area (Å²) < 4.78 is 45.7. The van der Waals surface area contributed by atoms with E-state index in [4.69, 9.17) is 16.3 Å². The molecule has 4 rings (SSSR count). The molecule has 0 unspecified atom stereocenters. The van der Waals surface area contributed by atoms with Gasteiger partial charge in [-0.05, 0) is 74.4 Å². The second-order valence-corrected chi connectivity index (χ2v) is 12.0. The van der Waals surface area contributed by atoms with Crippen molar-refractivity contribution in [1.82, 2.24) is 4.57 Å². The van der Waals surface area contributed by atoms with E-state index in [2.05, 4.69) is 5.32 Å². The lowest BCUT2D eigenvalue weighted by Crippen LogP contribution is -2.15. The van der Waals surface area contributed by atoms with E-state index in [1.165, 1.54) is 18.2 Å². The molecule has 1 atom stereocenters. The van der Waals surface area contributed by atoms with Gasteiger partial charge in [0.25, 0.3) is 5.91 Å². The molecule has 0 aliphatic carbocycles. The van der Waals surface area contributed by atoms with Gasteiger partial charge in [-0.1, -0.05) is 41.9 Å². The number of nitrogens with one attached hydrogen (secondary N) is 1. The van der Waals surface area contributed by atoms with Gasteiger partial charge in [-0.2, -0.15) is 0 Å². The number of benzene rings is 3. The summed E-state index contributed by atoms with van der Waals surface area (Å²) in [6.45, 7) is 5.87. The molecule has 1 N–H and O–H groups in total. The van der Waals surface area contributed by atoms with Crippen molar-refractivity contribution in [3.05, 3.63) is 112 Å². The Morgan fingerprint density at radius 1 is 1.05 bits per heavy atom. The van der Waals surface area contributed by atoms with Crippen LogP contribution in [0.5, 0.6) is 0 Å². The van der Waals surface area contributed by atoms with E-state index in [-0.39, 0.29) is 21.9 Å². The van der Waals surface area contributed by atoms with Crippen molar-refractivity contribution < 1.29 is 22.3 Å². The van der Waals surface area contributed by atoms with Gasteiger partial charge in [0.2, 0.25) is 0 Å². The molecule has 1 aromatic heterocycles. The van der Waals surface area contributed by atoms with Crippen LogP contribution in [0.15, 0.2) is 77.7 Å². The van der Waals surface area contributed by atoms with Crippen molar-refractivity contribution in [2.45, 2.75) is 44.8 Å². The Balaban J connectivity index is 1.65. The third kappa shape index (κ3) is 6.76. The molecule has 0 saturated heterocycles. The second kappa shape index (κ2) is 11.7. The molecule has 39 heavy (non-hydrogen) atoms. The Labute approximate surface area is 233 Å². The molecule has 0 radical (unpaired) electrons. The van der Waals surface area contributed by atoms with Crippen LogP contribution in [-0.2, 0) is 27.6 Å². The number of anilines is 1. The van der Waals surface area contributed by atoms with Crippen LogP contribution >= 0.6 is 11.6 Å². The zero-order valence-electron chi connectivity index (χ0n) is 22.2. The highest BCUT2D eigenvalue weighted by molar-refractivity contribution is 7.90. The molecule has 0 fully saturated rings. The topological polar surface area (TPSA) is 77.4 Å². The Morgan fingerprint density at radius 3 is 2.41 bits per heavy atom. The first-order valence-electron chi connectivity index (χ1n) is 12.4. The number of aromatic nitrogens is 1. The van der Waals surface area contributed by atoms with Crippen molar-refractivity contribution in [1.29, 1.82) is 0 Å². The first kappa shape index (κ1) is 28.5. The lowest BCUT2D eigenvalue weighted by atomic mass is 10.1. The minimum atomic E-state index is -3.38. The highest BCUT2D eigenvalue weighted by Crippen LogP contribution is 2.29. The number of hydrogen-bond donors (Lipinski definition) is 1. The first-order chi connectivity index (χ1) is 18.4. The number of halogens is 2. The maximum absolute atomic E-state index is 13.8. The number of carbonyl (C=O) groups excluding carboxylic acids is 1. The molecular weight excluding hydrogens is 539 g/mol. The lowest BCUT2D eigenvalue weighted by molar-refractivity contribution is 0.0527. The molecule has 4 aromatic rings. The largest absolute Gasteiger partial charge is 0.373 e. The van der Waals surface area contributed by atoms with Crippen molar-refractivity contribution >= 4 is 33.0 Å². The maximum Gasteiger partial charge on any atom is 0.257 e. The Bertz CT molecular complexity index is 1620. The summed E-state index contributed by atoms with van der Waals surface area (Å²) in [5.41, 5.74) is 4.41. The Kier molecular flexibility index (Phi) is 8.59. The fourth-order valence-electron chi connectivity index (χ4n) is 4.56. The highest BCUT2D eigenvalue weighted by atomic mass is 35.5. The monoisotopic (exact) mass is 568 g/mol. The fourth-order valence-corrected chi connectivity index (χ4v) is 5.77. The number of carbonyl (C=O) groups is 1. The highest BCUT2D eigenvalue weighted by Gasteiger charge is 2.22. The van der Waals surface area contributed by atoms with Gasteiger partial charge in [0.1, 0.15) is 5.82 Å². The van der Waals surface area contributed by atoms with Crippen LogP contribution in [0, 0.1) is 19.7 Å². The van der Waals surface area contributed by atoms with Gasteiger partial charge in [-0.3, -0.25) is 4.79 Å². The lowest BCUT2D eigenvalue weighted by Gasteiger charge is -2.17. The summed E-state index contributed by atoms with van der Waals surface area (Å²) in [5, 5.41) is 3.08. The molecule has 204 valence electrons. The van der Waals surface area contributed by atoms with Crippen LogP contribution in [0.1, 0.15) is 39.8 Å². The van der Waals surface area contributed by atoms with Crippen molar-refractivity contribution in [3.8, 4) is 5.69 Å². The predicted octanol–water partition coefficient (Wildman–Crippen LogP) is 6.69. The quantitative estimate of drug-likeness (QED) is 0.244. The fraction of sp³-hybridized carbons (Fsp3) is 0.233. The van der Waals surface area contributed by atoms with Crippen LogP contribution in [0.2, 0.25) is 5.02 Å². The van der Waals surface area contributed by atoms with E-state index in [1.54, 1.807) is 38.1 Å². The smallest absolute Gasteiger partial charge is 0.257 e. The zero-order chi connectivity index (χ0) is 28.3. The molecule has 1 heterocycles.